The summed E-state index contributed by atoms with van der Waals surface area (Å²) in [5, 5.41) is 10.5. The van der Waals surface area contributed by atoms with Gasteiger partial charge in [-0.1, -0.05) is 6.07 Å². The van der Waals surface area contributed by atoms with E-state index in [1.54, 1.807) is 0 Å². The first kappa shape index (κ1) is 10.9. The Morgan fingerprint density at radius 2 is 2.00 bits per heavy atom. The van der Waals surface area contributed by atoms with Crippen LogP contribution in [-0.4, -0.2) is 13.3 Å². The van der Waals surface area contributed by atoms with Gasteiger partial charge in [0.25, 0.3) is 14.7 Å². The largest absolute Gasteiger partial charge is 0.273 e. The molecule has 1 aromatic carbocycles. The number of nitro benzene ring substituents is 1. The van der Waals surface area contributed by atoms with Crippen LogP contribution in [-0.2, 0) is 9.05 Å². The van der Waals surface area contributed by atoms with Gasteiger partial charge in [0.2, 0.25) is 0 Å². The summed E-state index contributed by atoms with van der Waals surface area (Å²) in [5.74, 6) is 0. The van der Waals surface area contributed by atoms with Crippen LogP contribution in [0.3, 0.4) is 0 Å². The Kier molecular flexibility index (Phi) is 2.77. The fourth-order valence-corrected chi connectivity index (χ4v) is 1.71. The Labute approximate surface area is 84.9 Å². The molecule has 0 fully saturated rings. The highest BCUT2D eigenvalue weighted by atomic mass is 35.7. The van der Waals surface area contributed by atoms with Crippen molar-refractivity contribution >= 4 is 25.4 Å². The molecule has 0 aromatic heterocycles. The monoisotopic (exact) mass is 235 g/mol. The van der Waals surface area contributed by atoms with Crippen molar-refractivity contribution in [1.82, 2.24) is 0 Å². The molecule has 0 aliphatic carbocycles. The molecule has 7 heteroatoms. The van der Waals surface area contributed by atoms with Crippen LogP contribution in [0.1, 0.15) is 5.56 Å². The molecule has 0 heterocycles. The molecular formula is C7H6ClNO4S. The van der Waals surface area contributed by atoms with Crippen molar-refractivity contribution in [3.63, 3.8) is 0 Å². The maximum atomic E-state index is 10.9. The number of halogens is 1. The molecule has 0 radical (unpaired) electrons. The molecule has 0 unspecified atom stereocenters. The lowest BCUT2D eigenvalue weighted by Crippen LogP contribution is -1.96. The first-order valence-corrected chi connectivity index (χ1v) is 5.83. The maximum Gasteiger partial charge on any atom is 0.273 e. The minimum Gasteiger partial charge on any atom is -0.258 e. The van der Waals surface area contributed by atoms with Crippen molar-refractivity contribution in [3.05, 3.63) is 33.9 Å². The van der Waals surface area contributed by atoms with E-state index in [0.717, 1.165) is 6.07 Å². The molecule has 1 aromatic rings. The number of rotatable bonds is 2. The molecule has 0 atom stereocenters. The zero-order chi connectivity index (χ0) is 10.9. The lowest BCUT2D eigenvalue weighted by molar-refractivity contribution is -0.385. The molecule has 5 nitrogen and oxygen atoms in total. The van der Waals surface area contributed by atoms with Crippen molar-refractivity contribution in [1.29, 1.82) is 0 Å². The third-order valence-electron chi connectivity index (χ3n) is 1.66. The van der Waals surface area contributed by atoms with Gasteiger partial charge in [0.05, 0.1) is 9.82 Å². The van der Waals surface area contributed by atoms with E-state index in [2.05, 4.69) is 0 Å². The maximum absolute atomic E-state index is 10.9. The molecule has 76 valence electrons. The summed E-state index contributed by atoms with van der Waals surface area (Å²) >= 11 is 0. The van der Waals surface area contributed by atoms with E-state index in [1.165, 1.54) is 19.1 Å². The molecule has 0 aliphatic heterocycles. The van der Waals surface area contributed by atoms with E-state index in [9.17, 15) is 18.5 Å². The summed E-state index contributed by atoms with van der Waals surface area (Å²) in [6.45, 7) is 1.52. The summed E-state index contributed by atoms with van der Waals surface area (Å²) in [4.78, 5) is 9.55. The van der Waals surface area contributed by atoms with Gasteiger partial charge in [-0.2, -0.15) is 0 Å². The fourth-order valence-electron chi connectivity index (χ4n) is 0.938. The Morgan fingerprint density at radius 1 is 1.43 bits per heavy atom. The summed E-state index contributed by atoms with van der Waals surface area (Å²) in [7, 11) is 1.13. The van der Waals surface area contributed by atoms with Crippen LogP contribution in [0.5, 0.6) is 0 Å². The van der Waals surface area contributed by atoms with Gasteiger partial charge < -0.3 is 0 Å². The van der Waals surface area contributed by atoms with Gasteiger partial charge in [0, 0.05) is 22.3 Å². The number of nitro groups is 1. The summed E-state index contributed by atoms with van der Waals surface area (Å²) in [6, 6.07) is 3.51. The molecule has 0 bridgehead atoms. The van der Waals surface area contributed by atoms with Crippen molar-refractivity contribution in [2.75, 3.05) is 0 Å². The Hall–Kier alpha value is -1.14. The van der Waals surface area contributed by atoms with Crippen LogP contribution < -0.4 is 0 Å². The van der Waals surface area contributed by atoms with E-state index in [1.807, 2.05) is 0 Å². The highest BCUT2D eigenvalue weighted by molar-refractivity contribution is 8.13. The summed E-state index contributed by atoms with van der Waals surface area (Å²) < 4.78 is 21.7. The summed E-state index contributed by atoms with van der Waals surface area (Å²) in [6.07, 6.45) is 0. The predicted molar refractivity (Wildman–Crippen MR) is 50.9 cm³/mol. The van der Waals surface area contributed by atoms with Crippen LogP contribution in [0.15, 0.2) is 23.1 Å². The molecule has 0 spiro atoms. The van der Waals surface area contributed by atoms with Gasteiger partial charge >= 0.3 is 0 Å². The quantitative estimate of drug-likeness (QED) is 0.445. The zero-order valence-corrected chi connectivity index (χ0v) is 8.67. The fraction of sp³-hybridized carbons (Fsp3) is 0.143. The molecule has 14 heavy (non-hydrogen) atoms. The van der Waals surface area contributed by atoms with Crippen molar-refractivity contribution < 1.29 is 13.3 Å². The first-order chi connectivity index (χ1) is 6.32. The standard InChI is InChI=1S/C7H6ClNO4S/c1-5-2-3-6(14(8,12)13)4-7(5)9(10)11/h2-4H,1H3. The van der Waals surface area contributed by atoms with Crippen molar-refractivity contribution in [3.8, 4) is 0 Å². The Balaban J connectivity index is 3.42. The van der Waals surface area contributed by atoms with E-state index < -0.39 is 14.0 Å². The van der Waals surface area contributed by atoms with Crippen LogP contribution in [0, 0.1) is 17.0 Å². The second-order valence-electron chi connectivity index (χ2n) is 2.64. The molecule has 0 saturated carbocycles. The Morgan fingerprint density at radius 3 is 2.43 bits per heavy atom. The van der Waals surface area contributed by atoms with Crippen LogP contribution in [0.2, 0.25) is 0 Å². The second-order valence-corrected chi connectivity index (χ2v) is 5.21. The van der Waals surface area contributed by atoms with Gasteiger partial charge in [-0.3, -0.25) is 10.1 Å². The van der Waals surface area contributed by atoms with Gasteiger partial charge in [-0.15, -0.1) is 0 Å². The summed E-state index contributed by atoms with van der Waals surface area (Å²) in [5.41, 5.74) is 0.130. The Bertz CT molecular complexity index is 482. The van der Waals surface area contributed by atoms with E-state index in [-0.39, 0.29) is 10.6 Å². The predicted octanol–water partition coefficient (Wildman–Crippen LogP) is 1.83. The first-order valence-electron chi connectivity index (χ1n) is 3.52. The number of hydrogen-bond acceptors (Lipinski definition) is 4. The van der Waals surface area contributed by atoms with Crippen LogP contribution in [0.25, 0.3) is 0 Å². The number of benzene rings is 1. The average molecular weight is 236 g/mol. The van der Waals surface area contributed by atoms with Gasteiger partial charge in [0.15, 0.2) is 0 Å². The van der Waals surface area contributed by atoms with Crippen LogP contribution >= 0.6 is 10.7 Å². The topological polar surface area (TPSA) is 77.3 Å². The van der Waals surface area contributed by atoms with Gasteiger partial charge in [0.1, 0.15) is 0 Å². The minimum absolute atomic E-state index is 0.258. The lowest BCUT2D eigenvalue weighted by atomic mass is 10.2. The third-order valence-corrected chi connectivity index (χ3v) is 3.01. The van der Waals surface area contributed by atoms with Crippen molar-refractivity contribution in [2.45, 2.75) is 11.8 Å². The highest BCUT2D eigenvalue weighted by Gasteiger charge is 2.17. The molecule has 1 rings (SSSR count). The molecular weight excluding hydrogens is 230 g/mol. The lowest BCUT2D eigenvalue weighted by Gasteiger charge is -1.98. The normalized spacial score (nSPS) is 11.3. The van der Waals surface area contributed by atoms with Gasteiger partial charge in [-0.05, 0) is 13.0 Å². The van der Waals surface area contributed by atoms with E-state index in [0.29, 0.717) is 5.56 Å². The zero-order valence-electron chi connectivity index (χ0n) is 7.10. The SMILES string of the molecule is Cc1ccc(S(=O)(=O)Cl)cc1[N+](=O)[O-]. The average Bonchev–Trinajstić information content (AvgIpc) is 2.02. The van der Waals surface area contributed by atoms with Crippen LogP contribution in [0.4, 0.5) is 5.69 Å². The third kappa shape index (κ3) is 2.21. The molecule has 0 aliphatic rings. The van der Waals surface area contributed by atoms with E-state index in [4.69, 9.17) is 10.7 Å². The molecule has 0 saturated heterocycles. The smallest absolute Gasteiger partial charge is 0.258 e. The number of hydrogen-bond donors (Lipinski definition) is 0. The van der Waals surface area contributed by atoms with Crippen molar-refractivity contribution in [2.24, 2.45) is 0 Å². The molecule has 0 amide bonds. The number of aryl methyl sites for hydroxylation is 1. The second kappa shape index (κ2) is 3.55. The molecule has 0 N–H and O–H groups in total. The van der Waals surface area contributed by atoms with Gasteiger partial charge in [-0.25, -0.2) is 8.42 Å². The van der Waals surface area contributed by atoms with E-state index >= 15 is 0 Å². The number of nitrogens with zero attached hydrogens (tertiary/aromatic N) is 1. The highest BCUT2D eigenvalue weighted by Crippen LogP contribution is 2.23. The minimum atomic E-state index is -3.91.